The zero-order valence-corrected chi connectivity index (χ0v) is 27.2. The smallest absolute Gasteiger partial charge is 0.416 e. The van der Waals surface area contributed by atoms with Gasteiger partial charge < -0.3 is 15.0 Å². The van der Waals surface area contributed by atoms with Crippen molar-refractivity contribution in [2.45, 2.75) is 11.1 Å². The molecule has 0 amide bonds. The van der Waals surface area contributed by atoms with E-state index in [-0.39, 0.29) is 34.1 Å². The molecule has 246 valence electrons. The third-order valence-corrected chi connectivity index (χ3v) is 9.49. The molecule has 17 heteroatoms. The molecular weight excluding hydrogens is 703 g/mol. The van der Waals surface area contributed by atoms with Crippen LogP contribution < -0.4 is 19.7 Å². The Kier molecular flexibility index (Phi) is 10.2. The average molecular weight is 728 g/mol. The fourth-order valence-electron chi connectivity index (χ4n) is 4.83. The summed E-state index contributed by atoms with van der Waals surface area (Å²) >= 11 is 7.34. The van der Waals surface area contributed by atoms with Crippen molar-refractivity contribution in [1.82, 2.24) is 20.5 Å². The van der Waals surface area contributed by atoms with Gasteiger partial charge in [-0.15, -0.1) is 22.6 Å². The van der Waals surface area contributed by atoms with Crippen molar-refractivity contribution in [1.29, 1.82) is 0 Å². The molecule has 1 aliphatic heterocycles. The minimum Gasteiger partial charge on any atom is -0.455 e. The van der Waals surface area contributed by atoms with Gasteiger partial charge in [0, 0.05) is 44.0 Å². The fraction of sp³-hybridized carbons (Fsp3) is 0.167. The fourth-order valence-corrected chi connectivity index (χ4v) is 6.88. The highest BCUT2D eigenvalue weighted by atomic mass is 35.5. The standard InChI is InChI=1S/C30H23ClF4N6O3S2.ClH/c31-23-15-27(46(42,43)40-29-39-38-17-45-29)24(32)16-26(23)44-25-6-3-19(18-1-4-21(5-2-18)30(33,34)35)13-22(25)20-7-8-37-28(14-20)41-11-9-36-10-12-41;/h1-8,13-17,36H,9-12H2,(H,39,40);1H. The van der Waals surface area contributed by atoms with E-state index in [1.165, 1.54) is 17.6 Å². The summed E-state index contributed by atoms with van der Waals surface area (Å²) in [7, 11) is -4.38. The molecule has 6 rings (SSSR count). The zero-order chi connectivity index (χ0) is 32.5. The summed E-state index contributed by atoms with van der Waals surface area (Å²) in [6, 6.07) is 15.2. The number of aromatic nitrogens is 3. The first-order chi connectivity index (χ1) is 22.0. The summed E-state index contributed by atoms with van der Waals surface area (Å²) in [5.41, 5.74) is 2.85. The normalized spacial score (nSPS) is 13.6. The summed E-state index contributed by atoms with van der Waals surface area (Å²) in [5.74, 6) is -0.332. The van der Waals surface area contributed by atoms with Gasteiger partial charge in [-0.05, 0) is 59.2 Å². The van der Waals surface area contributed by atoms with Crippen molar-refractivity contribution in [3.8, 4) is 33.8 Å². The molecule has 0 saturated carbocycles. The third-order valence-electron chi connectivity index (χ3n) is 7.10. The number of alkyl halides is 3. The van der Waals surface area contributed by atoms with Crippen LogP contribution in [0.2, 0.25) is 5.02 Å². The molecule has 0 atom stereocenters. The average Bonchev–Trinajstić information content (AvgIpc) is 3.55. The van der Waals surface area contributed by atoms with Gasteiger partial charge in [-0.3, -0.25) is 4.72 Å². The molecular formula is C30H24Cl2F4N6O3S2. The maximum absolute atomic E-state index is 15.3. The Morgan fingerprint density at radius 3 is 2.34 bits per heavy atom. The number of nitrogens with one attached hydrogen (secondary N) is 2. The number of benzene rings is 3. The van der Waals surface area contributed by atoms with E-state index in [4.69, 9.17) is 16.3 Å². The minimum absolute atomic E-state index is 0. The zero-order valence-electron chi connectivity index (χ0n) is 24.0. The number of hydrogen-bond acceptors (Lipinski definition) is 9. The molecule has 0 radical (unpaired) electrons. The van der Waals surface area contributed by atoms with E-state index in [9.17, 15) is 21.6 Å². The number of halogens is 6. The summed E-state index contributed by atoms with van der Waals surface area (Å²) in [4.78, 5) is 5.91. The van der Waals surface area contributed by atoms with E-state index in [1.807, 2.05) is 6.07 Å². The van der Waals surface area contributed by atoms with Crippen LogP contribution in [0.4, 0.5) is 28.5 Å². The summed E-state index contributed by atoms with van der Waals surface area (Å²) < 4.78 is 88.7. The number of hydrogen-bond donors (Lipinski definition) is 2. The van der Waals surface area contributed by atoms with Crippen molar-refractivity contribution >= 4 is 56.3 Å². The van der Waals surface area contributed by atoms with Gasteiger partial charge in [-0.25, -0.2) is 17.8 Å². The van der Waals surface area contributed by atoms with Crippen LogP contribution in [-0.2, 0) is 16.2 Å². The van der Waals surface area contributed by atoms with Crippen LogP contribution in [0.15, 0.2) is 83.3 Å². The Bertz CT molecular complexity index is 1980. The number of rotatable bonds is 8. The predicted octanol–water partition coefficient (Wildman–Crippen LogP) is 7.50. The highest BCUT2D eigenvalue weighted by Gasteiger charge is 2.30. The second kappa shape index (κ2) is 14.0. The predicted molar refractivity (Wildman–Crippen MR) is 175 cm³/mol. The SMILES string of the molecule is Cl.O=S(=O)(Nc1nncs1)c1cc(Cl)c(Oc2ccc(-c3ccc(C(F)(F)F)cc3)cc2-c2ccnc(N3CCNCC3)c2)cc1F. The molecule has 9 nitrogen and oxygen atoms in total. The van der Waals surface area contributed by atoms with Gasteiger partial charge in [0.1, 0.15) is 33.5 Å². The van der Waals surface area contributed by atoms with E-state index >= 15 is 4.39 Å². The van der Waals surface area contributed by atoms with Gasteiger partial charge in [0.2, 0.25) is 5.13 Å². The number of pyridine rings is 1. The summed E-state index contributed by atoms with van der Waals surface area (Å²) in [6.45, 7) is 3.05. The first-order valence-electron chi connectivity index (χ1n) is 13.7. The second-order valence-electron chi connectivity index (χ2n) is 10.1. The van der Waals surface area contributed by atoms with Crippen LogP contribution >= 0.6 is 35.3 Å². The van der Waals surface area contributed by atoms with Crippen LogP contribution in [0, 0.1) is 5.82 Å². The molecule has 0 bridgehead atoms. The van der Waals surface area contributed by atoms with Gasteiger partial charge in [0.15, 0.2) is 0 Å². The van der Waals surface area contributed by atoms with Crippen molar-refractivity contribution in [3.05, 3.63) is 94.8 Å². The summed E-state index contributed by atoms with van der Waals surface area (Å²) in [6.07, 6.45) is -2.84. The Labute approximate surface area is 282 Å². The molecule has 0 spiro atoms. The van der Waals surface area contributed by atoms with Gasteiger partial charge in [-0.1, -0.05) is 41.1 Å². The van der Waals surface area contributed by atoms with Crippen LogP contribution in [0.25, 0.3) is 22.3 Å². The number of ether oxygens (including phenoxy) is 1. The van der Waals surface area contributed by atoms with Gasteiger partial charge in [0.25, 0.3) is 10.0 Å². The van der Waals surface area contributed by atoms with Crippen LogP contribution in [-0.4, -0.2) is 49.8 Å². The quantitative estimate of drug-likeness (QED) is 0.158. The Balaban J connectivity index is 0.00000433. The molecule has 0 unspecified atom stereocenters. The molecule has 3 heterocycles. The minimum atomic E-state index is -4.48. The highest BCUT2D eigenvalue weighted by Crippen LogP contribution is 2.41. The van der Waals surface area contributed by atoms with Crippen LogP contribution in [0.1, 0.15) is 5.56 Å². The maximum atomic E-state index is 15.3. The van der Waals surface area contributed by atoms with Crippen molar-refractivity contribution < 1.29 is 30.7 Å². The van der Waals surface area contributed by atoms with Crippen LogP contribution in [0.3, 0.4) is 0 Å². The monoisotopic (exact) mass is 726 g/mol. The third kappa shape index (κ3) is 7.76. The van der Waals surface area contributed by atoms with Crippen molar-refractivity contribution in [2.75, 3.05) is 35.8 Å². The number of anilines is 2. The van der Waals surface area contributed by atoms with E-state index in [0.717, 1.165) is 61.8 Å². The topological polar surface area (TPSA) is 109 Å². The van der Waals surface area contributed by atoms with Gasteiger partial charge in [0.05, 0.1) is 10.6 Å². The largest absolute Gasteiger partial charge is 0.455 e. The summed E-state index contributed by atoms with van der Waals surface area (Å²) in [5, 5.41) is 10.2. The lowest BCUT2D eigenvalue weighted by Gasteiger charge is -2.28. The van der Waals surface area contributed by atoms with E-state index in [2.05, 4.69) is 30.1 Å². The Morgan fingerprint density at radius 1 is 0.936 bits per heavy atom. The number of nitrogens with zero attached hydrogens (tertiary/aromatic N) is 4. The van der Waals surface area contributed by atoms with Gasteiger partial charge in [-0.2, -0.15) is 13.2 Å². The Hall–Kier alpha value is -4.02. The number of sulfonamides is 1. The molecule has 0 aliphatic carbocycles. The first-order valence-corrected chi connectivity index (χ1v) is 16.4. The molecule has 47 heavy (non-hydrogen) atoms. The molecule has 3 aromatic carbocycles. The van der Waals surface area contributed by atoms with Gasteiger partial charge >= 0.3 is 6.18 Å². The van der Waals surface area contributed by atoms with E-state index in [1.54, 1.807) is 30.5 Å². The molecule has 2 N–H and O–H groups in total. The lowest BCUT2D eigenvalue weighted by molar-refractivity contribution is -0.137. The lowest BCUT2D eigenvalue weighted by Crippen LogP contribution is -2.43. The molecule has 1 aliphatic rings. The lowest BCUT2D eigenvalue weighted by atomic mass is 9.97. The second-order valence-corrected chi connectivity index (χ2v) is 13.0. The first kappa shape index (κ1) is 34.3. The molecule has 1 fully saturated rings. The van der Waals surface area contributed by atoms with Crippen molar-refractivity contribution in [3.63, 3.8) is 0 Å². The maximum Gasteiger partial charge on any atom is 0.416 e. The Morgan fingerprint density at radius 2 is 1.66 bits per heavy atom. The highest BCUT2D eigenvalue weighted by molar-refractivity contribution is 7.93. The molecule has 2 aromatic heterocycles. The van der Waals surface area contributed by atoms with E-state index in [0.29, 0.717) is 28.1 Å². The molecule has 1 saturated heterocycles. The van der Waals surface area contributed by atoms with Crippen LogP contribution in [0.5, 0.6) is 11.5 Å². The molecule has 5 aromatic rings. The van der Waals surface area contributed by atoms with E-state index < -0.39 is 32.5 Å². The number of piperazine rings is 1. The van der Waals surface area contributed by atoms with Crippen molar-refractivity contribution in [2.24, 2.45) is 0 Å².